The second-order valence-corrected chi connectivity index (χ2v) is 11.8. The van der Waals surface area contributed by atoms with Gasteiger partial charge >= 0.3 is 0 Å². The molecule has 0 aliphatic carbocycles. The summed E-state index contributed by atoms with van der Waals surface area (Å²) in [6.07, 6.45) is 3.92. The number of nitrogens with zero attached hydrogens (tertiary/aromatic N) is 1. The van der Waals surface area contributed by atoms with Crippen molar-refractivity contribution in [3.8, 4) is 5.75 Å². The van der Waals surface area contributed by atoms with Crippen LogP contribution in [0.15, 0.2) is 72.8 Å². The molecule has 6 nitrogen and oxygen atoms in total. The highest BCUT2D eigenvalue weighted by Crippen LogP contribution is 2.58. The summed E-state index contributed by atoms with van der Waals surface area (Å²) in [5.41, 5.74) is 1.34. The minimum atomic E-state index is -1.33. The highest BCUT2D eigenvalue weighted by molar-refractivity contribution is 6.30. The third-order valence-electron chi connectivity index (χ3n) is 8.26. The van der Waals surface area contributed by atoms with Crippen LogP contribution in [0.5, 0.6) is 5.75 Å². The molecule has 6 rings (SSSR count). The number of amides is 1. The first-order valence-electron chi connectivity index (χ1n) is 13.0. The predicted octanol–water partition coefficient (Wildman–Crippen LogP) is 5.94. The molecule has 0 bridgehead atoms. The van der Waals surface area contributed by atoms with Crippen molar-refractivity contribution in [2.45, 2.75) is 38.3 Å². The number of nitrogens with one attached hydrogen (secondary N) is 1. The van der Waals surface area contributed by atoms with Crippen molar-refractivity contribution < 1.29 is 19.1 Å². The number of benzene rings is 3. The maximum atomic E-state index is 14.6. The van der Waals surface area contributed by atoms with Gasteiger partial charge < -0.3 is 15.0 Å². The minimum Gasteiger partial charge on any atom is -0.497 e. The van der Waals surface area contributed by atoms with Gasteiger partial charge in [-0.25, -0.2) is 0 Å². The third kappa shape index (κ3) is 3.58. The van der Waals surface area contributed by atoms with E-state index in [9.17, 15) is 14.4 Å². The number of rotatable bonds is 4. The Hall–Kier alpha value is -3.90. The van der Waals surface area contributed by atoms with E-state index >= 15 is 0 Å². The number of anilines is 2. The van der Waals surface area contributed by atoms with Gasteiger partial charge in [-0.2, -0.15) is 0 Å². The zero-order valence-electron chi connectivity index (χ0n) is 22.2. The molecule has 39 heavy (non-hydrogen) atoms. The van der Waals surface area contributed by atoms with Gasteiger partial charge in [0.2, 0.25) is 5.91 Å². The van der Waals surface area contributed by atoms with Gasteiger partial charge in [0.25, 0.3) is 0 Å². The molecule has 0 aromatic heterocycles. The van der Waals surface area contributed by atoms with Crippen LogP contribution in [-0.4, -0.2) is 36.7 Å². The van der Waals surface area contributed by atoms with Gasteiger partial charge in [-0.05, 0) is 54.1 Å². The van der Waals surface area contributed by atoms with Crippen LogP contribution in [0.2, 0.25) is 5.02 Å². The van der Waals surface area contributed by atoms with E-state index in [2.05, 4.69) is 5.32 Å². The smallest absolute Gasteiger partial charge is 0.238 e. The first kappa shape index (κ1) is 25.4. The number of Topliss-reactive ketones (excluding diaryl/α,β-unsaturated/α-hetero) is 2. The van der Waals surface area contributed by atoms with Crippen molar-refractivity contribution in [3.05, 3.63) is 94.5 Å². The Labute approximate surface area is 232 Å². The van der Waals surface area contributed by atoms with Crippen LogP contribution in [0.3, 0.4) is 0 Å². The Morgan fingerprint density at radius 1 is 1.03 bits per heavy atom. The number of para-hydroxylation sites is 1. The molecule has 3 aromatic rings. The lowest BCUT2D eigenvalue weighted by molar-refractivity contribution is -0.128. The lowest BCUT2D eigenvalue weighted by Crippen LogP contribution is -2.51. The minimum absolute atomic E-state index is 0.106. The van der Waals surface area contributed by atoms with Crippen LogP contribution in [0.25, 0.3) is 6.08 Å². The molecule has 1 amide bonds. The van der Waals surface area contributed by atoms with Crippen LogP contribution in [-0.2, 0) is 15.0 Å². The molecule has 4 atom stereocenters. The number of carbonyl (C=O) groups is 3. The number of fused-ring (bicyclic) bond motifs is 6. The summed E-state index contributed by atoms with van der Waals surface area (Å²) < 4.78 is 5.46. The fourth-order valence-corrected chi connectivity index (χ4v) is 6.65. The molecule has 3 aliphatic rings. The van der Waals surface area contributed by atoms with Gasteiger partial charge in [-0.15, -0.1) is 0 Å². The Bertz CT molecular complexity index is 1560. The maximum absolute atomic E-state index is 14.6. The van der Waals surface area contributed by atoms with Gasteiger partial charge in [0.05, 0.1) is 19.1 Å². The lowest BCUT2D eigenvalue weighted by atomic mass is 9.63. The zero-order chi connectivity index (χ0) is 27.7. The van der Waals surface area contributed by atoms with Crippen molar-refractivity contribution in [2.24, 2.45) is 11.3 Å². The van der Waals surface area contributed by atoms with Crippen molar-refractivity contribution in [3.63, 3.8) is 0 Å². The van der Waals surface area contributed by atoms with E-state index in [4.69, 9.17) is 16.3 Å². The quantitative estimate of drug-likeness (QED) is 0.415. The molecule has 1 N–H and O–H groups in total. The maximum Gasteiger partial charge on any atom is 0.238 e. The number of hydrogen-bond donors (Lipinski definition) is 1. The van der Waals surface area contributed by atoms with Crippen molar-refractivity contribution in [2.75, 3.05) is 17.3 Å². The molecular weight excluding hydrogens is 512 g/mol. The van der Waals surface area contributed by atoms with Crippen molar-refractivity contribution >= 4 is 46.5 Å². The van der Waals surface area contributed by atoms with E-state index < -0.39 is 28.8 Å². The second-order valence-electron chi connectivity index (χ2n) is 11.4. The monoisotopic (exact) mass is 540 g/mol. The molecule has 1 spiro atoms. The number of methoxy groups -OCH3 is 1. The first-order valence-corrected chi connectivity index (χ1v) is 13.4. The van der Waals surface area contributed by atoms with Crippen LogP contribution in [0.4, 0.5) is 11.4 Å². The number of carbonyl (C=O) groups excluding carboxylic acids is 3. The lowest BCUT2D eigenvalue weighted by Gasteiger charge is -2.38. The summed E-state index contributed by atoms with van der Waals surface area (Å²) >= 11 is 6.15. The number of ether oxygens (including phenoxy) is 1. The normalized spacial score (nSPS) is 24.7. The van der Waals surface area contributed by atoms with E-state index in [-0.39, 0.29) is 17.5 Å². The number of hydrogen-bond acceptors (Lipinski definition) is 5. The Morgan fingerprint density at radius 2 is 1.74 bits per heavy atom. The molecule has 3 aromatic carbocycles. The zero-order valence-corrected chi connectivity index (χ0v) is 23.0. The summed E-state index contributed by atoms with van der Waals surface area (Å²) in [5.74, 6) is -0.958. The van der Waals surface area contributed by atoms with E-state index in [1.54, 1.807) is 31.4 Å². The number of halogens is 1. The molecular formula is C32H29ClN2O4. The Kier molecular flexibility index (Phi) is 5.74. The first-order chi connectivity index (χ1) is 18.6. The van der Waals surface area contributed by atoms with Gasteiger partial charge in [0.15, 0.2) is 11.6 Å². The highest BCUT2D eigenvalue weighted by Gasteiger charge is 2.70. The predicted molar refractivity (Wildman–Crippen MR) is 153 cm³/mol. The molecule has 7 heteroatoms. The van der Waals surface area contributed by atoms with Crippen molar-refractivity contribution in [1.82, 2.24) is 0 Å². The average Bonchev–Trinajstić information content (AvgIpc) is 3.40. The van der Waals surface area contributed by atoms with Gasteiger partial charge in [0, 0.05) is 32.9 Å². The molecule has 0 radical (unpaired) electrons. The fraction of sp³-hybridized carbons (Fsp3) is 0.281. The molecule has 3 heterocycles. The SMILES string of the molecule is COc1ccc2c(c1)C=C[C@H]1N2[C@@H](C(=O)C(C)(C)C)[C@H](C(=O)c2ccc(Cl)cc2)[C@]12C(=O)Nc1ccccc12. The summed E-state index contributed by atoms with van der Waals surface area (Å²) in [5, 5.41) is 3.55. The van der Waals surface area contributed by atoms with Crippen LogP contribution in [0.1, 0.15) is 42.3 Å². The fourth-order valence-electron chi connectivity index (χ4n) is 6.52. The van der Waals surface area contributed by atoms with Crippen LogP contribution in [0, 0.1) is 11.3 Å². The van der Waals surface area contributed by atoms with E-state index in [0.717, 1.165) is 16.8 Å². The molecule has 0 unspecified atom stereocenters. The van der Waals surface area contributed by atoms with E-state index in [0.29, 0.717) is 22.0 Å². The topological polar surface area (TPSA) is 75.7 Å². The van der Waals surface area contributed by atoms with Crippen LogP contribution < -0.4 is 15.0 Å². The molecule has 1 fully saturated rings. The number of ketones is 2. The summed E-state index contributed by atoms with van der Waals surface area (Å²) in [4.78, 5) is 45.3. The Morgan fingerprint density at radius 3 is 2.44 bits per heavy atom. The standard InChI is InChI=1S/C32H29ClN2O4/c1-31(2,3)29(37)27-26(28(36)18-9-12-20(33)13-10-18)32(22-7-5-6-8-23(22)34-30(32)38)25-16-11-19-17-21(39-4)14-15-24(19)35(25)27/h5-17,25-27H,1-4H3,(H,34,38)/t25-,26-,27-,32-/m1/s1. The molecule has 0 saturated carbocycles. The summed E-state index contributed by atoms with van der Waals surface area (Å²) in [6.45, 7) is 5.57. The van der Waals surface area contributed by atoms with Gasteiger partial charge in [0.1, 0.15) is 17.2 Å². The van der Waals surface area contributed by atoms with Crippen LogP contribution >= 0.6 is 11.6 Å². The van der Waals surface area contributed by atoms with E-state index in [1.807, 2.05) is 80.3 Å². The summed E-state index contributed by atoms with van der Waals surface area (Å²) in [6, 6.07) is 18.3. The van der Waals surface area contributed by atoms with E-state index in [1.165, 1.54) is 0 Å². The molecule has 3 aliphatic heterocycles. The largest absolute Gasteiger partial charge is 0.497 e. The highest BCUT2D eigenvalue weighted by atomic mass is 35.5. The van der Waals surface area contributed by atoms with Crippen molar-refractivity contribution in [1.29, 1.82) is 0 Å². The molecule has 1 saturated heterocycles. The van der Waals surface area contributed by atoms with Gasteiger partial charge in [-0.1, -0.05) is 62.7 Å². The third-order valence-corrected chi connectivity index (χ3v) is 8.51. The van der Waals surface area contributed by atoms with Gasteiger partial charge in [-0.3, -0.25) is 14.4 Å². The summed E-state index contributed by atoms with van der Waals surface area (Å²) in [7, 11) is 1.61. The Balaban J connectivity index is 1.67. The second kappa shape index (κ2) is 8.82. The molecule has 198 valence electrons. The average molecular weight is 541 g/mol.